The van der Waals surface area contributed by atoms with E-state index < -0.39 is 0 Å². The minimum Gasteiger partial charge on any atom is -0.339 e. The summed E-state index contributed by atoms with van der Waals surface area (Å²) in [5, 5.41) is 7.23. The molecule has 0 amide bonds. The summed E-state index contributed by atoms with van der Waals surface area (Å²) in [7, 11) is 1.92. The molecule has 1 N–H and O–H groups in total. The Kier molecular flexibility index (Phi) is 4.14. The van der Waals surface area contributed by atoms with Gasteiger partial charge in [-0.05, 0) is 26.1 Å². The van der Waals surface area contributed by atoms with Crippen molar-refractivity contribution in [3.05, 3.63) is 34.6 Å². The van der Waals surface area contributed by atoms with Crippen molar-refractivity contribution in [1.29, 1.82) is 0 Å². The number of nitrogens with zero attached hydrogens (tertiary/aromatic N) is 2. The SMILES string of the molecule is CNC(C)C(C)c1nc(-c2ccccc2Br)no1. The molecule has 2 unspecified atom stereocenters. The average Bonchev–Trinajstić information content (AvgIpc) is 2.87. The molecule has 1 aromatic heterocycles. The van der Waals surface area contributed by atoms with E-state index in [1.807, 2.05) is 31.3 Å². The standard InChI is InChI=1S/C13H16BrN3O/c1-8(9(2)15-3)13-16-12(17-18-13)10-6-4-5-7-11(10)14/h4-9,15H,1-3H3. The summed E-state index contributed by atoms with van der Waals surface area (Å²) in [6.07, 6.45) is 0. The van der Waals surface area contributed by atoms with Crippen LogP contribution in [0.2, 0.25) is 0 Å². The van der Waals surface area contributed by atoms with Gasteiger partial charge in [-0.2, -0.15) is 4.98 Å². The summed E-state index contributed by atoms with van der Waals surface area (Å²) in [5.74, 6) is 1.45. The van der Waals surface area contributed by atoms with E-state index >= 15 is 0 Å². The van der Waals surface area contributed by atoms with Crippen molar-refractivity contribution in [1.82, 2.24) is 15.5 Å². The van der Waals surface area contributed by atoms with Crippen molar-refractivity contribution in [3.63, 3.8) is 0 Å². The fraction of sp³-hybridized carbons (Fsp3) is 0.385. The molecule has 0 saturated heterocycles. The van der Waals surface area contributed by atoms with Crippen molar-refractivity contribution >= 4 is 15.9 Å². The number of rotatable bonds is 4. The van der Waals surface area contributed by atoms with E-state index in [1.54, 1.807) is 0 Å². The van der Waals surface area contributed by atoms with Crippen molar-refractivity contribution in [2.24, 2.45) is 0 Å². The third kappa shape index (κ3) is 2.62. The Morgan fingerprint density at radius 2 is 2.00 bits per heavy atom. The minimum absolute atomic E-state index is 0.179. The van der Waals surface area contributed by atoms with E-state index in [1.165, 1.54) is 0 Å². The first-order valence-electron chi connectivity index (χ1n) is 5.89. The van der Waals surface area contributed by atoms with Crippen LogP contribution >= 0.6 is 15.9 Å². The Bertz CT molecular complexity index is 526. The van der Waals surface area contributed by atoms with Crippen LogP contribution in [0.25, 0.3) is 11.4 Å². The molecule has 18 heavy (non-hydrogen) atoms. The number of benzene rings is 1. The molecule has 1 aromatic carbocycles. The predicted octanol–water partition coefficient (Wildman–Crippen LogP) is 3.21. The van der Waals surface area contributed by atoms with Gasteiger partial charge in [0.25, 0.3) is 0 Å². The monoisotopic (exact) mass is 309 g/mol. The van der Waals surface area contributed by atoms with Gasteiger partial charge in [-0.25, -0.2) is 0 Å². The first-order chi connectivity index (χ1) is 8.63. The smallest absolute Gasteiger partial charge is 0.231 e. The van der Waals surface area contributed by atoms with Crippen LogP contribution < -0.4 is 5.32 Å². The lowest BCUT2D eigenvalue weighted by Crippen LogP contribution is -2.27. The van der Waals surface area contributed by atoms with E-state index in [0.717, 1.165) is 10.0 Å². The van der Waals surface area contributed by atoms with Crippen LogP contribution in [-0.4, -0.2) is 23.2 Å². The van der Waals surface area contributed by atoms with Crippen LogP contribution in [0.4, 0.5) is 0 Å². The van der Waals surface area contributed by atoms with Gasteiger partial charge in [-0.15, -0.1) is 0 Å². The molecule has 96 valence electrons. The predicted molar refractivity (Wildman–Crippen MR) is 74.4 cm³/mol. The van der Waals surface area contributed by atoms with Crippen molar-refractivity contribution < 1.29 is 4.52 Å². The van der Waals surface area contributed by atoms with Crippen LogP contribution in [0.3, 0.4) is 0 Å². The topological polar surface area (TPSA) is 51.0 Å². The van der Waals surface area contributed by atoms with Gasteiger partial charge >= 0.3 is 0 Å². The van der Waals surface area contributed by atoms with Crippen molar-refractivity contribution in [2.45, 2.75) is 25.8 Å². The maximum absolute atomic E-state index is 5.34. The number of nitrogens with one attached hydrogen (secondary N) is 1. The lowest BCUT2D eigenvalue weighted by molar-refractivity contribution is 0.336. The number of likely N-dealkylation sites (N-methyl/N-ethyl adjacent to an activating group) is 1. The lowest BCUT2D eigenvalue weighted by Gasteiger charge is -2.14. The van der Waals surface area contributed by atoms with E-state index in [2.05, 4.69) is 45.2 Å². The summed E-state index contributed by atoms with van der Waals surface area (Å²) < 4.78 is 6.30. The maximum Gasteiger partial charge on any atom is 0.231 e. The first kappa shape index (κ1) is 13.2. The second-order valence-corrected chi connectivity index (χ2v) is 5.16. The summed E-state index contributed by atoms with van der Waals surface area (Å²) >= 11 is 3.49. The number of hydrogen-bond donors (Lipinski definition) is 1. The molecule has 0 radical (unpaired) electrons. The second kappa shape index (κ2) is 5.63. The number of halogens is 1. The first-order valence-corrected chi connectivity index (χ1v) is 6.68. The van der Waals surface area contributed by atoms with Gasteiger partial charge in [0.1, 0.15) is 0 Å². The van der Waals surface area contributed by atoms with E-state index in [4.69, 9.17) is 4.52 Å². The Morgan fingerprint density at radius 1 is 1.28 bits per heavy atom. The quantitative estimate of drug-likeness (QED) is 0.942. The molecule has 0 aliphatic heterocycles. The molecule has 0 fully saturated rings. The molecular weight excluding hydrogens is 294 g/mol. The number of aromatic nitrogens is 2. The van der Waals surface area contributed by atoms with Crippen LogP contribution in [0, 0.1) is 0 Å². The molecule has 2 atom stereocenters. The van der Waals surface area contributed by atoms with Gasteiger partial charge < -0.3 is 9.84 Å². The van der Waals surface area contributed by atoms with Gasteiger partial charge in [0, 0.05) is 16.1 Å². The maximum atomic E-state index is 5.34. The summed E-state index contributed by atoms with van der Waals surface area (Å²) in [4.78, 5) is 4.46. The second-order valence-electron chi connectivity index (χ2n) is 4.30. The summed E-state index contributed by atoms with van der Waals surface area (Å²) in [6, 6.07) is 8.13. The largest absolute Gasteiger partial charge is 0.339 e. The van der Waals surface area contributed by atoms with Crippen molar-refractivity contribution in [2.75, 3.05) is 7.05 Å². The average molecular weight is 310 g/mol. The van der Waals surface area contributed by atoms with Crippen LogP contribution in [0.15, 0.2) is 33.3 Å². The Morgan fingerprint density at radius 3 is 2.67 bits per heavy atom. The molecule has 0 aliphatic carbocycles. The van der Waals surface area contributed by atoms with E-state index in [9.17, 15) is 0 Å². The van der Waals surface area contributed by atoms with E-state index in [0.29, 0.717) is 11.7 Å². The zero-order valence-electron chi connectivity index (χ0n) is 10.6. The molecule has 0 aliphatic rings. The third-order valence-corrected chi connectivity index (χ3v) is 3.84. The molecule has 1 heterocycles. The Labute approximate surface area is 115 Å². The highest BCUT2D eigenvalue weighted by molar-refractivity contribution is 9.10. The van der Waals surface area contributed by atoms with Gasteiger partial charge in [-0.1, -0.05) is 40.1 Å². The Balaban J connectivity index is 2.29. The van der Waals surface area contributed by atoms with Gasteiger partial charge in [0.2, 0.25) is 11.7 Å². The highest BCUT2D eigenvalue weighted by atomic mass is 79.9. The lowest BCUT2D eigenvalue weighted by atomic mass is 10.0. The minimum atomic E-state index is 0.179. The molecule has 2 aromatic rings. The zero-order chi connectivity index (χ0) is 13.1. The molecule has 4 nitrogen and oxygen atoms in total. The van der Waals surface area contributed by atoms with Crippen LogP contribution in [0.1, 0.15) is 25.7 Å². The van der Waals surface area contributed by atoms with Crippen LogP contribution in [0.5, 0.6) is 0 Å². The van der Waals surface area contributed by atoms with Gasteiger partial charge in [0.15, 0.2) is 0 Å². The highest BCUT2D eigenvalue weighted by Crippen LogP contribution is 2.27. The molecule has 5 heteroatoms. The molecule has 2 rings (SSSR count). The summed E-state index contributed by atoms with van der Waals surface area (Å²) in [6.45, 7) is 4.16. The van der Waals surface area contributed by atoms with Gasteiger partial charge in [0.05, 0.1) is 5.92 Å². The molecular formula is C13H16BrN3O. The highest BCUT2D eigenvalue weighted by Gasteiger charge is 2.20. The third-order valence-electron chi connectivity index (χ3n) is 3.15. The van der Waals surface area contributed by atoms with Crippen molar-refractivity contribution in [3.8, 4) is 11.4 Å². The normalized spacial score (nSPS) is 14.4. The Hall–Kier alpha value is -1.20. The fourth-order valence-corrected chi connectivity index (χ4v) is 2.10. The van der Waals surface area contributed by atoms with Gasteiger partial charge in [-0.3, -0.25) is 0 Å². The number of hydrogen-bond acceptors (Lipinski definition) is 4. The van der Waals surface area contributed by atoms with Crippen LogP contribution in [-0.2, 0) is 0 Å². The molecule has 0 spiro atoms. The zero-order valence-corrected chi connectivity index (χ0v) is 12.2. The molecule has 0 bridgehead atoms. The summed E-state index contributed by atoms with van der Waals surface area (Å²) in [5.41, 5.74) is 0.941. The van der Waals surface area contributed by atoms with E-state index in [-0.39, 0.29) is 12.0 Å². The molecule has 0 saturated carbocycles. The fourth-order valence-electron chi connectivity index (χ4n) is 1.64.